The standard InChI is InChI=1S/C24H28N2O7S/c1-14(27)30-21-13-34-24(23(32-16(3)29)22(21)31-15(2)28)33-20-10-18(11-25-12-20)17-6-8-19(9-7-17)26(4)5/h6-12,21-24H,13H2,1-5H3/t21-,22+,23-,24-/m1/s1. The normalized spacial score (nSPS) is 21.8. The first-order valence-electron chi connectivity index (χ1n) is 10.7. The minimum absolute atomic E-state index is 0.291. The molecular formula is C24H28N2O7S. The van der Waals surface area contributed by atoms with Crippen molar-refractivity contribution in [1.29, 1.82) is 0 Å². The van der Waals surface area contributed by atoms with Gasteiger partial charge in [0.15, 0.2) is 23.7 Å². The number of hydrogen-bond acceptors (Lipinski definition) is 10. The summed E-state index contributed by atoms with van der Waals surface area (Å²) in [6.07, 6.45) is 0.504. The zero-order valence-electron chi connectivity index (χ0n) is 19.7. The van der Waals surface area contributed by atoms with Gasteiger partial charge in [-0.05, 0) is 23.8 Å². The van der Waals surface area contributed by atoms with Crippen LogP contribution < -0.4 is 9.64 Å². The van der Waals surface area contributed by atoms with E-state index in [0.29, 0.717) is 11.5 Å². The van der Waals surface area contributed by atoms with Crippen molar-refractivity contribution in [3.8, 4) is 16.9 Å². The molecule has 1 saturated heterocycles. The third-order valence-electron chi connectivity index (χ3n) is 4.99. The van der Waals surface area contributed by atoms with E-state index in [1.54, 1.807) is 12.4 Å². The smallest absolute Gasteiger partial charge is 0.303 e. The largest absolute Gasteiger partial charge is 0.474 e. The topological polar surface area (TPSA) is 104 Å². The Morgan fingerprint density at radius 1 is 0.882 bits per heavy atom. The molecular weight excluding hydrogens is 460 g/mol. The Labute approximate surface area is 202 Å². The Balaban J connectivity index is 1.85. The SMILES string of the molecule is CC(=O)O[C@@H]1[C@@H](OC(C)=O)[C@H](OC(C)=O)CS[C@H]1Oc1cncc(-c2ccc(N(C)C)cc2)c1. The van der Waals surface area contributed by atoms with Crippen LogP contribution in [0.15, 0.2) is 42.7 Å². The summed E-state index contributed by atoms with van der Waals surface area (Å²) in [4.78, 5) is 41.4. The van der Waals surface area contributed by atoms with E-state index in [4.69, 9.17) is 18.9 Å². The number of ether oxygens (including phenoxy) is 4. The minimum atomic E-state index is -1.01. The average Bonchev–Trinajstić information content (AvgIpc) is 2.77. The summed E-state index contributed by atoms with van der Waals surface area (Å²) in [5.74, 6) is -0.946. The van der Waals surface area contributed by atoms with E-state index in [1.807, 2.05) is 49.3 Å². The molecule has 34 heavy (non-hydrogen) atoms. The van der Waals surface area contributed by atoms with Gasteiger partial charge in [-0.15, -0.1) is 11.8 Å². The summed E-state index contributed by atoms with van der Waals surface area (Å²) in [5.41, 5.74) is 2.17. The quantitative estimate of drug-likeness (QED) is 0.427. The second-order valence-corrected chi connectivity index (χ2v) is 9.10. The van der Waals surface area contributed by atoms with Crippen LogP contribution >= 0.6 is 11.8 Å². The molecule has 2 heterocycles. The molecule has 1 fully saturated rings. The van der Waals surface area contributed by atoms with Crippen molar-refractivity contribution in [2.24, 2.45) is 0 Å². The van der Waals surface area contributed by atoms with Crippen LogP contribution in [0.5, 0.6) is 5.75 Å². The monoisotopic (exact) mass is 488 g/mol. The summed E-state index contributed by atoms with van der Waals surface area (Å²) in [5, 5.41) is 0. The summed E-state index contributed by atoms with van der Waals surface area (Å²) < 4.78 is 22.3. The molecule has 0 bridgehead atoms. The highest BCUT2D eigenvalue weighted by Crippen LogP contribution is 2.35. The third-order valence-corrected chi connectivity index (χ3v) is 6.20. The molecule has 3 rings (SSSR count). The molecule has 10 heteroatoms. The Kier molecular flexibility index (Phi) is 8.38. The summed E-state index contributed by atoms with van der Waals surface area (Å²) in [6, 6.07) is 9.84. The van der Waals surface area contributed by atoms with Gasteiger partial charge >= 0.3 is 17.9 Å². The number of benzene rings is 1. The van der Waals surface area contributed by atoms with E-state index in [0.717, 1.165) is 16.8 Å². The predicted octanol–water partition coefficient (Wildman–Crippen LogP) is 3.06. The molecule has 2 aromatic rings. The first kappa shape index (κ1) is 25.4. The number of anilines is 1. The number of hydrogen-bond donors (Lipinski definition) is 0. The number of aromatic nitrogens is 1. The zero-order chi connectivity index (χ0) is 24.8. The molecule has 0 amide bonds. The summed E-state index contributed by atoms with van der Waals surface area (Å²) in [7, 11) is 3.95. The average molecular weight is 489 g/mol. The molecule has 0 N–H and O–H groups in total. The lowest BCUT2D eigenvalue weighted by Gasteiger charge is -2.39. The van der Waals surface area contributed by atoms with Gasteiger partial charge in [0.1, 0.15) is 5.75 Å². The highest BCUT2D eigenvalue weighted by atomic mass is 32.2. The Bertz CT molecular complexity index is 1030. The van der Waals surface area contributed by atoms with Crippen LogP contribution in [-0.2, 0) is 28.6 Å². The van der Waals surface area contributed by atoms with Crippen molar-refractivity contribution < 1.29 is 33.3 Å². The Morgan fingerprint density at radius 3 is 2.09 bits per heavy atom. The first-order valence-corrected chi connectivity index (χ1v) is 11.7. The maximum atomic E-state index is 11.8. The van der Waals surface area contributed by atoms with Gasteiger partial charge in [0, 0.05) is 58.1 Å². The molecule has 1 aliphatic rings. The number of nitrogens with zero attached hydrogens (tertiary/aromatic N) is 2. The third kappa shape index (κ3) is 6.63. The predicted molar refractivity (Wildman–Crippen MR) is 128 cm³/mol. The van der Waals surface area contributed by atoms with Crippen LogP contribution in [0.3, 0.4) is 0 Å². The maximum absolute atomic E-state index is 11.8. The molecule has 1 aromatic heterocycles. The number of carbonyl (C=O) groups is 3. The van der Waals surface area contributed by atoms with Crippen molar-refractivity contribution in [3.05, 3.63) is 42.7 Å². The molecule has 4 atom stereocenters. The molecule has 0 aliphatic carbocycles. The van der Waals surface area contributed by atoms with Crippen LogP contribution in [0.2, 0.25) is 0 Å². The van der Waals surface area contributed by atoms with Gasteiger partial charge in [0.2, 0.25) is 0 Å². The van der Waals surface area contributed by atoms with Gasteiger partial charge in [-0.2, -0.15) is 0 Å². The Morgan fingerprint density at radius 2 is 1.50 bits per heavy atom. The van der Waals surface area contributed by atoms with E-state index >= 15 is 0 Å². The minimum Gasteiger partial charge on any atom is -0.474 e. The van der Waals surface area contributed by atoms with E-state index in [1.165, 1.54) is 32.5 Å². The summed E-state index contributed by atoms with van der Waals surface area (Å²) >= 11 is 1.29. The van der Waals surface area contributed by atoms with Gasteiger partial charge in [0.05, 0.1) is 6.20 Å². The highest BCUT2D eigenvalue weighted by Gasteiger charge is 2.47. The van der Waals surface area contributed by atoms with Crippen LogP contribution in [0.4, 0.5) is 5.69 Å². The molecule has 1 aliphatic heterocycles. The molecule has 1 aromatic carbocycles. The first-order chi connectivity index (χ1) is 16.1. The van der Waals surface area contributed by atoms with Gasteiger partial charge < -0.3 is 23.8 Å². The second-order valence-electron chi connectivity index (χ2n) is 7.97. The molecule has 0 saturated carbocycles. The second kappa shape index (κ2) is 11.2. The van der Waals surface area contributed by atoms with Crippen LogP contribution in [0.1, 0.15) is 20.8 Å². The van der Waals surface area contributed by atoms with Gasteiger partial charge in [-0.3, -0.25) is 19.4 Å². The van der Waals surface area contributed by atoms with Gasteiger partial charge in [-0.25, -0.2) is 0 Å². The molecule has 9 nitrogen and oxygen atoms in total. The lowest BCUT2D eigenvalue weighted by atomic mass is 10.1. The van der Waals surface area contributed by atoms with E-state index < -0.39 is 41.7 Å². The molecule has 0 spiro atoms. The fourth-order valence-electron chi connectivity index (χ4n) is 3.54. The fraction of sp³-hybridized carbons (Fsp3) is 0.417. The van der Waals surface area contributed by atoms with Crippen molar-refractivity contribution in [3.63, 3.8) is 0 Å². The Hall–Kier alpha value is -3.27. The van der Waals surface area contributed by atoms with Gasteiger partial charge in [-0.1, -0.05) is 12.1 Å². The van der Waals surface area contributed by atoms with Crippen LogP contribution in [0.25, 0.3) is 11.1 Å². The number of rotatable bonds is 7. The number of esters is 3. The fourth-order valence-corrected chi connectivity index (χ4v) is 4.75. The molecule has 182 valence electrons. The van der Waals surface area contributed by atoms with Gasteiger partial charge in [0.25, 0.3) is 0 Å². The van der Waals surface area contributed by atoms with Crippen LogP contribution in [-0.4, -0.2) is 66.5 Å². The van der Waals surface area contributed by atoms with Crippen molar-refractivity contribution in [2.45, 2.75) is 44.5 Å². The summed E-state index contributed by atoms with van der Waals surface area (Å²) in [6.45, 7) is 3.75. The van der Waals surface area contributed by atoms with E-state index in [-0.39, 0.29) is 0 Å². The van der Waals surface area contributed by atoms with Crippen molar-refractivity contribution in [2.75, 3.05) is 24.7 Å². The molecule has 0 radical (unpaired) electrons. The zero-order valence-corrected chi connectivity index (χ0v) is 20.5. The number of carbonyl (C=O) groups excluding carboxylic acids is 3. The highest BCUT2D eigenvalue weighted by molar-refractivity contribution is 7.99. The van der Waals surface area contributed by atoms with E-state index in [2.05, 4.69) is 4.98 Å². The van der Waals surface area contributed by atoms with Crippen molar-refractivity contribution in [1.82, 2.24) is 4.98 Å². The van der Waals surface area contributed by atoms with Crippen molar-refractivity contribution >= 4 is 35.4 Å². The lowest BCUT2D eigenvalue weighted by Crippen LogP contribution is -2.55. The van der Waals surface area contributed by atoms with Crippen LogP contribution in [0, 0.1) is 0 Å². The number of pyridine rings is 1. The number of thioether (sulfide) groups is 1. The lowest BCUT2D eigenvalue weighted by molar-refractivity contribution is -0.186. The molecule has 0 unspecified atom stereocenters. The van der Waals surface area contributed by atoms with E-state index in [9.17, 15) is 14.4 Å². The maximum Gasteiger partial charge on any atom is 0.303 e.